The van der Waals surface area contributed by atoms with Gasteiger partial charge in [-0.1, -0.05) is 182 Å². The predicted molar refractivity (Wildman–Crippen MR) is 252 cm³/mol. The van der Waals surface area contributed by atoms with Crippen LogP contribution in [0.2, 0.25) is 0 Å². The predicted octanol–water partition coefficient (Wildman–Crippen LogP) is 15.2. The molecule has 284 valence electrons. The summed E-state index contributed by atoms with van der Waals surface area (Å²) in [5.74, 6) is 1.74. The van der Waals surface area contributed by atoms with Gasteiger partial charge in [0.25, 0.3) is 0 Å². The van der Waals surface area contributed by atoms with E-state index in [9.17, 15) is 0 Å². The molecule has 10 aromatic carbocycles. The van der Waals surface area contributed by atoms with Crippen molar-refractivity contribution in [3.05, 3.63) is 212 Å². The summed E-state index contributed by atoms with van der Waals surface area (Å²) in [6, 6.07) is 74.7. The highest BCUT2D eigenvalue weighted by Gasteiger charge is 2.22. The van der Waals surface area contributed by atoms with Gasteiger partial charge in [-0.15, -0.1) is 0 Å². The summed E-state index contributed by atoms with van der Waals surface area (Å²) in [7, 11) is 0. The minimum absolute atomic E-state index is 0.550. The number of hydrogen-bond donors (Lipinski definition) is 0. The van der Waals surface area contributed by atoms with Crippen LogP contribution in [0.25, 0.3) is 122 Å². The number of furan rings is 1. The van der Waals surface area contributed by atoms with E-state index in [-0.39, 0.29) is 0 Å². The third kappa shape index (κ3) is 5.96. The van der Waals surface area contributed by atoms with Gasteiger partial charge in [-0.2, -0.15) is 0 Å². The first-order valence-corrected chi connectivity index (χ1v) is 20.6. The number of fused-ring (bicyclic) bond motifs is 6. The average molecular weight is 778 g/mol. The summed E-state index contributed by atoms with van der Waals surface area (Å²) < 4.78 is 6.59. The first-order valence-electron chi connectivity index (χ1n) is 20.6. The van der Waals surface area contributed by atoms with Gasteiger partial charge in [0.15, 0.2) is 17.5 Å². The second-order valence-electron chi connectivity index (χ2n) is 15.5. The highest BCUT2D eigenvalue weighted by Crippen LogP contribution is 2.42. The van der Waals surface area contributed by atoms with E-state index in [0.717, 1.165) is 82.4 Å². The molecular weight excluding hydrogens is 743 g/mol. The topological polar surface area (TPSA) is 51.8 Å². The summed E-state index contributed by atoms with van der Waals surface area (Å²) in [5, 5.41) is 8.84. The molecule has 2 heterocycles. The first-order chi connectivity index (χ1) is 30.2. The van der Waals surface area contributed by atoms with Crippen molar-refractivity contribution >= 4 is 54.3 Å². The van der Waals surface area contributed by atoms with Crippen LogP contribution in [0.1, 0.15) is 0 Å². The van der Waals surface area contributed by atoms with Crippen LogP contribution in [0.4, 0.5) is 0 Å². The molecular formula is C57H35N3O. The SMILES string of the molecule is c1ccc(-c2ccc3ccc(-c4ccc(-c5nc(-c6c(-c7ccccc7)ccc7ccccc67)nc(-c6cccc7c6oc6ccccc67)n5)c5ccccc45)cc3c2)cc1. The Bertz CT molecular complexity index is 3650. The molecule has 0 radical (unpaired) electrons. The maximum absolute atomic E-state index is 6.59. The van der Waals surface area contributed by atoms with E-state index in [2.05, 4.69) is 188 Å². The van der Waals surface area contributed by atoms with Crippen molar-refractivity contribution in [2.24, 2.45) is 0 Å². The lowest BCUT2D eigenvalue weighted by Crippen LogP contribution is -2.02. The second kappa shape index (κ2) is 14.3. The van der Waals surface area contributed by atoms with Gasteiger partial charge in [-0.25, -0.2) is 15.0 Å². The fourth-order valence-corrected chi connectivity index (χ4v) is 8.99. The average Bonchev–Trinajstić information content (AvgIpc) is 3.72. The van der Waals surface area contributed by atoms with E-state index in [1.807, 2.05) is 24.3 Å². The van der Waals surface area contributed by atoms with Gasteiger partial charge in [-0.3, -0.25) is 0 Å². The zero-order valence-corrected chi connectivity index (χ0v) is 33.0. The van der Waals surface area contributed by atoms with Crippen molar-refractivity contribution < 1.29 is 4.42 Å². The maximum Gasteiger partial charge on any atom is 0.167 e. The Morgan fingerprint density at radius 3 is 1.64 bits per heavy atom. The highest BCUT2D eigenvalue weighted by molar-refractivity contribution is 6.10. The van der Waals surface area contributed by atoms with Gasteiger partial charge in [-0.05, 0) is 96.0 Å². The lowest BCUT2D eigenvalue weighted by atomic mass is 9.92. The van der Waals surface area contributed by atoms with Crippen molar-refractivity contribution in [2.45, 2.75) is 0 Å². The molecule has 0 aliphatic rings. The molecule has 0 atom stereocenters. The zero-order valence-electron chi connectivity index (χ0n) is 33.0. The van der Waals surface area contributed by atoms with Crippen LogP contribution in [-0.2, 0) is 0 Å². The van der Waals surface area contributed by atoms with Gasteiger partial charge in [0.1, 0.15) is 11.2 Å². The van der Waals surface area contributed by atoms with Crippen LogP contribution in [0.5, 0.6) is 0 Å². The number of nitrogens with zero attached hydrogens (tertiary/aromatic N) is 3. The Hall–Kier alpha value is -8.21. The number of para-hydroxylation sites is 2. The van der Waals surface area contributed by atoms with Crippen molar-refractivity contribution in [2.75, 3.05) is 0 Å². The van der Waals surface area contributed by atoms with E-state index in [1.165, 1.54) is 21.9 Å². The molecule has 0 saturated heterocycles. The zero-order chi connectivity index (χ0) is 40.3. The Morgan fingerprint density at radius 1 is 0.279 bits per heavy atom. The minimum atomic E-state index is 0.550. The van der Waals surface area contributed by atoms with Gasteiger partial charge < -0.3 is 4.42 Å². The normalized spacial score (nSPS) is 11.6. The van der Waals surface area contributed by atoms with Crippen LogP contribution < -0.4 is 0 Å². The Labute approximate surface area is 352 Å². The smallest absolute Gasteiger partial charge is 0.167 e. The summed E-state index contributed by atoms with van der Waals surface area (Å²) in [4.78, 5) is 16.2. The molecule has 0 N–H and O–H groups in total. The van der Waals surface area contributed by atoms with Crippen LogP contribution in [0.15, 0.2) is 217 Å². The quantitative estimate of drug-likeness (QED) is 0.169. The molecule has 2 aromatic heterocycles. The minimum Gasteiger partial charge on any atom is -0.455 e. The number of benzene rings is 10. The monoisotopic (exact) mass is 777 g/mol. The summed E-state index contributed by atoms with van der Waals surface area (Å²) in [6.45, 7) is 0. The summed E-state index contributed by atoms with van der Waals surface area (Å²) in [5.41, 5.74) is 11.1. The molecule has 0 aliphatic heterocycles. The Kier molecular flexibility index (Phi) is 8.13. The molecule has 4 heteroatoms. The Balaban J connectivity index is 1.10. The van der Waals surface area contributed by atoms with E-state index in [4.69, 9.17) is 19.4 Å². The lowest BCUT2D eigenvalue weighted by molar-refractivity contribution is 0.669. The van der Waals surface area contributed by atoms with Gasteiger partial charge >= 0.3 is 0 Å². The third-order valence-corrected chi connectivity index (χ3v) is 11.9. The fraction of sp³-hybridized carbons (Fsp3) is 0. The van der Waals surface area contributed by atoms with Crippen LogP contribution in [0.3, 0.4) is 0 Å². The van der Waals surface area contributed by atoms with Crippen molar-refractivity contribution in [1.82, 2.24) is 15.0 Å². The van der Waals surface area contributed by atoms with Crippen LogP contribution >= 0.6 is 0 Å². The van der Waals surface area contributed by atoms with Gasteiger partial charge in [0, 0.05) is 21.9 Å². The molecule has 0 amide bonds. The lowest BCUT2D eigenvalue weighted by Gasteiger charge is -2.16. The molecule has 0 saturated carbocycles. The molecule has 0 unspecified atom stereocenters. The Morgan fingerprint density at radius 2 is 0.836 bits per heavy atom. The van der Waals surface area contributed by atoms with E-state index >= 15 is 0 Å². The number of rotatable bonds is 6. The number of aromatic nitrogens is 3. The largest absolute Gasteiger partial charge is 0.455 e. The highest BCUT2D eigenvalue weighted by atomic mass is 16.3. The van der Waals surface area contributed by atoms with Gasteiger partial charge in [0.05, 0.1) is 5.56 Å². The molecule has 61 heavy (non-hydrogen) atoms. The van der Waals surface area contributed by atoms with Gasteiger partial charge in [0.2, 0.25) is 0 Å². The molecule has 0 fully saturated rings. The maximum atomic E-state index is 6.59. The molecule has 4 nitrogen and oxygen atoms in total. The van der Waals surface area contributed by atoms with E-state index in [0.29, 0.717) is 17.5 Å². The number of hydrogen-bond acceptors (Lipinski definition) is 4. The van der Waals surface area contributed by atoms with E-state index < -0.39 is 0 Å². The van der Waals surface area contributed by atoms with E-state index in [1.54, 1.807) is 0 Å². The standard InChI is InChI=1S/C57H35N3O/c1-3-14-36(15-4-1)40-28-26-37-27-29-41(35-42(37)34-40)43-32-33-50(47-21-10-9-20-46(43)47)55-58-56(51-24-13-23-49-48-22-11-12-25-52(48)61-54(49)51)60-57(59-55)53-44-19-8-7-18-39(44)30-31-45(53)38-16-5-2-6-17-38/h1-35H. The molecule has 12 aromatic rings. The van der Waals surface area contributed by atoms with Crippen LogP contribution in [0, 0.1) is 0 Å². The van der Waals surface area contributed by atoms with Crippen molar-refractivity contribution in [3.63, 3.8) is 0 Å². The molecule has 0 bridgehead atoms. The molecule has 0 spiro atoms. The second-order valence-corrected chi connectivity index (χ2v) is 15.5. The first kappa shape index (κ1) is 34.8. The summed E-state index contributed by atoms with van der Waals surface area (Å²) >= 11 is 0. The summed E-state index contributed by atoms with van der Waals surface area (Å²) in [6.07, 6.45) is 0. The fourth-order valence-electron chi connectivity index (χ4n) is 8.99. The van der Waals surface area contributed by atoms with Crippen molar-refractivity contribution in [3.8, 4) is 67.5 Å². The molecule has 12 rings (SSSR count). The van der Waals surface area contributed by atoms with Crippen LogP contribution in [-0.4, -0.2) is 15.0 Å². The van der Waals surface area contributed by atoms with Crippen molar-refractivity contribution in [1.29, 1.82) is 0 Å². The molecule has 0 aliphatic carbocycles. The third-order valence-electron chi connectivity index (χ3n) is 11.9.